The molecule has 0 saturated carbocycles. The molecule has 0 saturated heterocycles. The predicted molar refractivity (Wildman–Crippen MR) is 123 cm³/mol. The van der Waals surface area contributed by atoms with Crippen LogP contribution in [0.15, 0.2) is 36.4 Å². The van der Waals surface area contributed by atoms with Crippen molar-refractivity contribution in [3.63, 3.8) is 0 Å². The molecule has 0 spiro atoms. The number of carbonyl (C=O) groups is 2. The highest BCUT2D eigenvalue weighted by atomic mass is 16.6. The Bertz CT molecular complexity index is 870. The molecule has 11 heteroatoms. The van der Waals surface area contributed by atoms with Crippen LogP contribution in [0.2, 0.25) is 0 Å². The molecular weight excluding hydrogens is 464 g/mol. The lowest BCUT2D eigenvalue weighted by molar-refractivity contribution is 0.0426. The molecule has 0 aromatic heterocycles. The van der Waals surface area contributed by atoms with Gasteiger partial charge in [-0.25, -0.2) is 9.59 Å². The molecule has 192 valence electrons. The largest absolute Gasteiger partial charge is 0.493 e. The molecule has 35 heavy (non-hydrogen) atoms. The van der Waals surface area contributed by atoms with Gasteiger partial charge in [0.2, 0.25) is 0 Å². The first-order valence-corrected chi connectivity index (χ1v) is 10.8. The highest BCUT2D eigenvalue weighted by Gasteiger charge is 2.13. The molecule has 2 aromatic carbocycles. The van der Waals surface area contributed by atoms with E-state index in [4.69, 9.17) is 43.4 Å². The van der Waals surface area contributed by atoms with Gasteiger partial charge in [-0.1, -0.05) is 0 Å². The van der Waals surface area contributed by atoms with E-state index >= 15 is 0 Å². The molecule has 0 heterocycles. The SMILES string of the molecule is COc1cc(C(=O)OCCO)ccc1OCCOCCOc1ccc(C(=O)OCCO)cc1OC. The van der Waals surface area contributed by atoms with E-state index in [2.05, 4.69) is 0 Å². The van der Waals surface area contributed by atoms with Crippen LogP contribution in [0.25, 0.3) is 0 Å². The van der Waals surface area contributed by atoms with Crippen LogP contribution < -0.4 is 18.9 Å². The average Bonchev–Trinajstić information content (AvgIpc) is 2.89. The van der Waals surface area contributed by atoms with Crippen molar-refractivity contribution in [2.45, 2.75) is 0 Å². The van der Waals surface area contributed by atoms with Crippen LogP contribution in [0, 0.1) is 0 Å². The minimum Gasteiger partial charge on any atom is -0.493 e. The van der Waals surface area contributed by atoms with Crippen molar-refractivity contribution in [3.05, 3.63) is 47.5 Å². The minimum atomic E-state index is -0.569. The van der Waals surface area contributed by atoms with Crippen molar-refractivity contribution >= 4 is 11.9 Å². The Hall–Kier alpha value is -3.54. The summed E-state index contributed by atoms with van der Waals surface area (Å²) in [6, 6.07) is 9.25. The molecule has 0 atom stereocenters. The maximum absolute atomic E-state index is 11.9. The van der Waals surface area contributed by atoms with Crippen molar-refractivity contribution in [1.29, 1.82) is 0 Å². The van der Waals surface area contributed by atoms with Crippen molar-refractivity contribution in [3.8, 4) is 23.0 Å². The van der Waals surface area contributed by atoms with Crippen LogP contribution in [0.1, 0.15) is 20.7 Å². The first-order valence-electron chi connectivity index (χ1n) is 10.8. The zero-order chi connectivity index (χ0) is 25.5. The van der Waals surface area contributed by atoms with Gasteiger partial charge in [-0.15, -0.1) is 0 Å². The molecule has 0 amide bonds. The number of aliphatic hydroxyl groups is 2. The summed E-state index contributed by atoms with van der Waals surface area (Å²) in [5, 5.41) is 17.5. The van der Waals surface area contributed by atoms with Crippen molar-refractivity contribution in [1.82, 2.24) is 0 Å². The molecule has 0 radical (unpaired) electrons. The Kier molecular flexibility index (Phi) is 12.2. The Labute approximate surface area is 203 Å². The van der Waals surface area contributed by atoms with E-state index in [9.17, 15) is 9.59 Å². The summed E-state index contributed by atoms with van der Waals surface area (Å²) in [6.07, 6.45) is 0. The number of hydrogen-bond acceptors (Lipinski definition) is 11. The minimum absolute atomic E-state index is 0.0847. The lowest BCUT2D eigenvalue weighted by Gasteiger charge is -2.13. The van der Waals surface area contributed by atoms with Gasteiger partial charge in [-0.05, 0) is 36.4 Å². The van der Waals surface area contributed by atoms with Gasteiger partial charge in [0.15, 0.2) is 23.0 Å². The number of esters is 2. The molecule has 0 aliphatic carbocycles. The second-order valence-electron chi connectivity index (χ2n) is 6.76. The van der Waals surface area contributed by atoms with Crippen molar-refractivity contribution in [2.75, 3.05) is 67.1 Å². The van der Waals surface area contributed by atoms with Crippen LogP contribution in [-0.2, 0) is 14.2 Å². The van der Waals surface area contributed by atoms with E-state index in [0.29, 0.717) is 23.0 Å². The fourth-order valence-corrected chi connectivity index (χ4v) is 2.79. The van der Waals surface area contributed by atoms with Crippen LogP contribution in [0.5, 0.6) is 23.0 Å². The first kappa shape index (κ1) is 27.7. The summed E-state index contributed by atoms with van der Waals surface area (Å²) in [5.74, 6) is 0.465. The topological polar surface area (TPSA) is 139 Å². The van der Waals surface area contributed by atoms with Gasteiger partial charge >= 0.3 is 11.9 Å². The first-order chi connectivity index (χ1) is 17.0. The number of hydrogen-bond donors (Lipinski definition) is 2. The number of benzene rings is 2. The summed E-state index contributed by atoms with van der Waals surface area (Å²) in [6.45, 7) is 0.350. The maximum Gasteiger partial charge on any atom is 0.338 e. The van der Waals surface area contributed by atoms with E-state index in [-0.39, 0.29) is 64.0 Å². The Balaban J connectivity index is 1.74. The van der Waals surface area contributed by atoms with Gasteiger partial charge in [0.05, 0.1) is 51.8 Å². The van der Waals surface area contributed by atoms with Crippen LogP contribution in [0.3, 0.4) is 0 Å². The second kappa shape index (κ2) is 15.4. The summed E-state index contributed by atoms with van der Waals surface area (Å²) in [5.41, 5.74) is 0.558. The molecule has 2 rings (SSSR count). The van der Waals surface area contributed by atoms with Gasteiger partial charge in [-0.2, -0.15) is 0 Å². The van der Waals surface area contributed by atoms with Gasteiger partial charge in [-0.3, -0.25) is 0 Å². The molecule has 11 nitrogen and oxygen atoms in total. The summed E-state index contributed by atoms with van der Waals surface area (Å²) in [4.78, 5) is 23.7. The Morgan fingerprint density at radius 3 is 1.43 bits per heavy atom. The van der Waals surface area contributed by atoms with E-state index in [1.807, 2.05) is 0 Å². The molecule has 0 aliphatic heterocycles. The van der Waals surface area contributed by atoms with Crippen LogP contribution in [-0.4, -0.2) is 89.2 Å². The van der Waals surface area contributed by atoms with E-state index in [1.54, 1.807) is 12.1 Å². The quantitative estimate of drug-likeness (QED) is 0.259. The predicted octanol–water partition coefficient (Wildman–Crippen LogP) is 1.48. The van der Waals surface area contributed by atoms with Gasteiger partial charge in [0, 0.05) is 0 Å². The third kappa shape index (κ3) is 8.96. The Morgan fingerprint density at radius 2 is 1.06 bits per heavy atom. The standard InChI is InChI=1S/C24H30O11/c1-29-21-15-17(23(27)34-9-7-25)3-5-19(21)32-13-11-31-12-14-33-20-6-4-18(16-22(20)30-2)24(28)35-10-8-26/h3-6,15-16,25-26H,7-14H2,1-2H3. The van der Waals surface area contributed by atoms with Gasteiger partial charge in [0.1, 0.15) is 26.4 Å². The van der Waals surface area contributed by atoms with Crippen molar-refractivity contribution < 1.29 is 53.0 Å². The number of carbonyl (C=O) groups excluding carboxylic acids is 2. The second-order valence-corrected chi connectivity index (χ2v) is 6.76. The third-order valence-electron chi connectivity index (χ3n) is 4.42. The van der Waals surface area contributed by atoms with E-state index in [0.717, 1.165) is 0 Å². The average molecular weight is 494 g/mol. The third-order valence-corrected chi connectivity index (χ3v) is 4.42. The number of rotatable bonds is 16. The maximum atomic E-state index is 11.9. The molecule has 0 bridgehead atoms. The molecule has 0 aliphatic rings. The Morgan fingerprint density at radius 1 is 0.629 bits per heavy atom. The zero-order valence-corrected chi connectivity index (χ0v) is 19.7. The van der Waals surface area contributed by atoms with Gasteiger partial charge in [0.25, 0.3) is 0 Å². The van der Waals surface area contributed by atoms with Gasteiger partial charge < -0.3 is 43.4 Å². The number of aliphatic hydroxyl groups excluding tert-OH is 2. The molecule has 2 aromatic rings. The lowest BCUT2D eigenvalue weighted by Crippen LogP contribution is -2.13. The van der Waals surface area contributed by atoms with E-state index < -0.39 is 11.9 Å². The molecule has 2 N–H and O–H groups in total. The molecular formula is C24H30O11. The lowest BCUT2D eigenvalue weighted by atomic mass is 10.2. The molecule has 0 fully saturated rings. The monoisotopic (exact) mass is 494 g/mol. The molecule has 0 unspecified atom stereocenters. The van der Waals surface area contributed by atoms with E-state index in [1.165, 1.54) is 38.5 Å². The van der Waals surface area contributed by atoms with Crippen LogP contribution in [0.4, 0.5) is 0 Å². The highest BCUT2D eigenvalue weighted by Crippen LogP contribution is 2.29. The van der Waals surface area contributed by atoms with Crippen molar-refractivity contribution in [2.24, 2.45) is 0 Å². The fourth-order valence-electron chi connectivity index (χ4n) is 2.79. The number of ether oxygens (including phenoxy) is 7. The normalized spacial score (nSPS) is 10.4. The summed E-state index contributed by atoms with van der Waals surface area (Å²) in [7, 11) is 2.91. The number of methoxy groups -OCH3 is 2. The summed E-state index contributed by atoms with van der Waals surface area (Å²) < 4.78 is 37.1. The smallest absolute Gasteiger partial charge is 0.338 e. The highest BCUT2D eigenvalue weighted by molar-refractivity contribution is 5.90. The van der Waals surface area contributed by atoms with Crippen LogP contribution >= 0.6 is 0 Å². The summed E-state index contributed by atoms with van der Waals surface area (Å²) >= 11 is 0. The zero-order valence-electron chi connectivity index (χ0n) is 19.7. The fraction of sp³-hybridized carbons (Fsp3) is 0.417.